The zero-order chi connectivity index (χ0) is 16.6. The second-order valence-corrected chi connectivity index (χ2v) is 6.96. The number of urea groups is 1. The van der Waals surface area contributed by atoms with Gasteiger partial charge in [-0.15, -0.1) is 0 Å². The summed E-state index contributed by atoms with van der Waals surface area (Å²) in [6, 6.07) is 11.3. The van der Waals surface area contributed by atoms with Gasteiger partial charge in [-0.25, -0.2) is 4.79 Å². The fourth-order valence-electron chi connectivity index (χ4n) is 2.87. The molecule has 6 heteroatoms. The molecule has 0 saturated carbocycles. The number of nitrogens with one attached hydrogen (secondary N) is 1. The molecule has 0 aromatic heterocycles. The first-order valence-corrected chi connectivity index (χ1v) is 8.17. The van der Waals surface area contributed by atoms with Crippen LogP contribution in [0.2, 0.25) is 0 Å². The van der Waals surface area contributed by atoms with Gasteiger partial charge in [0.05, 0.1) is 11.1 Å². The van der Waals surface area contributed by atoms with E-state index in [9.17, 15) is 14.7 Å². The Morgan fingerprint density at radius 3 is 2.57 bits per heavy atom. The number of benzene rings is 2. The average Bonchev–Trinajstić information content (AvgIpc) is 2.94. The Kier molecular flexibility index (Phi) is 4.02. The highest BCUT2D eigenvalue weighted by atomic mass is 79.9. The van der Waals surface area contributed by atoms with Gasteiger partial charge in [-0.1, -0.05) is 40.2 Å². The molecule has 0 aliphatic carbocycles. The van der Waals surface area contributed by atoms with Gasteiger partial charge in [-0.3, -0.25) is 4.79 Å². The number of hydrogen-bond acceptors (Lipinski definition) is 2. The fourth-order valence-corrected chi connectivity index (χ4v) is 3.35. The van der Waals surface area contributed by atoms with E-state index in [2.05, 4.69) is 21.2 Å². The number of rotatable bonds is 2. The molecule has 1 aliphatic heterocycles. The van der Waals surface area contributed by atoms with Crippen molar-refractivity contribution in [1.29, 1.82) is 0 Å². The van der Waals surface area contributed by atoms with Crippen molar-refractivity contribution in [2.24, 2.45) is 5.41 Å². The van der Waals surface area contributed by atoms with Gasteiger partial charge in [-0.05, 0) is 30.9 Å². The van der Waals surface area contributed by atoms with Gasteiger partial charge < -0.3 is 15.3 Å². The molecule has 1 fully saturated rings. The third-order valence-corrected chi connectivity index (χ3v) is 5.08. The maximum atomic E-state index is 12.5. The van der Waals surface area contributed by atoms with E-state index in [1.54, 1.807) is 11.8 Å². The maximum absolute atomic E-state index is 12.5. The zero-order valence-corrected chi connectivity index (χ0v) is 14.3. The number of aliphatic carboxylic acids is 1. The van der Waals surface area contributed by atoms with Crippen LogP contribution in [-0.2, 0) is 4.79 Å². The number of halogens is 1. The molecule has 2 aromatic carbocycles. The molecule has 5 nitrogen and oxygen atoms in total. The van der Waals surface area contributed by atoms with Crippen LogP contribution in [0.3, 0.4) is 0 Å². The van der Waals surface area contributed by atoms with Gasteiger partial charge in [0, 0.05) is 22.9 Å². The molecule has 1 atom stereocenters. The number of fused-ring (bicyclic) bond motifs is 1. The normalized spacial score (nSPS) is 20.7. The summed E-state index contributed by atoms with van der Waals surface area (Å²) in [5.74, 6) is -0.859. The third-order valence-electron chi connectivity index (χ3n) is 4.39. The molecule has 3 rings (SSSR count). The smallest absolute Gasteiger partial charge is 0.321 e. The second kappa shape index (κ2) is 5.85. The van der Waals surface area contributed by atoms with E-state index in [1.165, 1.54) is 0 Å². The van der Waals surface area contributed by atoms with Crippen LogP contribution >= 0.6 is 15.9 Å². The summed E-state index contributed by atoms with van der Waals surface area (Å²) in [7, 11) is 0. The van der Waals surface area contributed by atoms with Crippen molar-refractivity contribution in [3.8, 4) is 0 Å². The number of carbonyl (C=O) groups excluding carboxylic acids is 1. The summed E-state index contributed by atoms with van der Waals surface area (Å²) in [6.07, 6.45) is 0.469. The van der Waals surface area contributed by atoms with Gasteiger partial charge in [0.1, 0.15) is 0 Å². The standard InChI is InChI=1S/C17H17BrN2O3/c1-17(15(21)22)8-9-20(10-17)16(23)19-14-7-6-13(18)11-4-2-3-5-12(11)14/h2-7H,8-10H2,1H3,(H,19,23)(H,21,22). The molecular weight excluding hydrogens is 360 g/mol. The average molecular weight is 377 g/mol. The molecule has 2 N–H and O–H groups in total. The van der Waals surface area contributed by atoms with Crippen LogP contribution in [0.1, 0.15) is 13.3 Å². The minimum Gasteiger partial charge on any atom is -0.481 e. The Labute approximate surface area is 142 Å². The van der Waals surface area contributed by atoms with Crippen molar-refractivity contribution >= 4 is 44.4 Å². The first kappa shape index (κ1) is 15.8. The lowest BCUT2D eigenvalue weighted by Crippen LogP contribution is -2.37. The highest BCUT2D eigenvalue weighted by molar-refractivity contribution is 9.10. The Morgan fingerprint density at radius 1 is 1.22 bits per heavy atom. The number of anilines is 1. The Morgan fingerprint density at radius 2 is 1.91 bits per heavy atom. The van der Waals surface area contributed by atoms with Crippen molar-refractivity contribution in [2.45, 2.75) is 13.3 Å². The number of amides is 2. The number of likely N-dealkylation sites (tertiary alicyclic amines) is 1. The van der Waals surface area contributed by atoms with E-state index in [0.717, 1.165) is 20.9 Å². The summed E-state index contributed by atoms with van der Waals surface area (Å²) in [5, 5.41) is 14.1. The SMILES string of the molecule is CC1(C(=O)O)CCN(C(=O)Nc2ccc(Br)c3ccccc23)C1. The molecular formula is C17H17BrN2O3. The van der Waals surface area contributed by atoms with Crippen molar-refractivity contribution < 1.29 is 14.7 Å². The number of hydrogen-bond donors (Lipinski definition) is 2. The number of nitrogens with zero attached hydrogens (tertiary/aromatic N) is 1. The van der Waals surface area contributed by atoms with Gasteiger partial charge in [0.15, 0.2) is 0 Å². The summed E-state index contributed by atoms with van der Waals surface area (Å²) < 4.78 is 0.964. The second-order valence-electron chi connectivity index (χ2n) is 6.11. The van der Waals surface area contributed by atoms with E-state index in [4.69, 9.17) is 0 Å². The summed E-state index contributed by atoms with van der Waals surface area (Å²) >= 11 is 3.51. The zero-order valence-electron chi connectivity index (χ0n) is 12.7. The van der Waals surface area contributed by atoms with E-state index in [0.29, 0.717) is 13.0 Å². The number of carbonyl (C=O) groups is 2. The van der Waals surface area contributed by atoms with E-state index in [1.807, 2.05) is 36.4 Å². The molecule has 1 saturated heterocycles. The van der Waals surface area contributed by atoms with Crippen molar-refractivity contribution in [2.75, 3.05) is 18.4 Å². The minimum atomic E-state index is -0.862. The van der Waals surface area contributed by atoms with Crippen LogP contribution in [0.25, 0.3) is 10.8 Å². The molecule has 0 bridgehead atoms. The van der Waals surface area contributed by atoms with E-state index < -0.39 is 11.4 Å². The Hall–Kier alpha value is -2.08. The highest BCUT2D eigenvalue weighted by Gasteiger charge is 2.42. The summed E-state index contributed by atoms with van der Waals surface area (Å²) in [5.41, 5.74) is -0.142. The lowest BCUT2D eigenvalue weighted by molar-refractivity contribution is -0.146. The van der Waals surface area contributed by atoms with Gasteiger partial charge in [0.25, 0.3) is 0 Å². The number of carboxylic acid groups (broad SMARTS) is 1. The lowest BCUT2D eigenvalue weighted by Gasteiger charge is -2.21. The predicted octanol–water partition coefficient (Wildman–Crippen LogP) is 3.93. The predicted molar refractivity (Wildman–Crippen MR) is 92.6 cm³/mol. The van der Waals surface area contributed by atoms with Crippen molar-refractivity contribution in [1.82, 2.24) is 4.90 Å². The fraction of sp³-hybridized carbons (Fsp3) is 0.294. The van der Waals surface area contributed by atoms with Crippen LogP contribution in [0, 0.1) is 5.41 Å². The molecule has 2 aromatic rings. The maximum Gasteiger partial charge on any atom is 0.321 e. The molecule has 0 spiro atoms. The third kappa shape index (κ3) is 2.91. The van der Waals surface area contributed by atoms with Crippen molar-refractivity contribution in [3.05, 3.63) is 40.9 Å². The summed E-state index contributed by atoms with van der Waals surface area (Å²) in [6.45, 7) is 2.35. The molecule has 1 unspecified atom stereocenters. The molecule has 23 heavy (non-hydrogen) atoms. The van der Waals surface area contributed by atoms with Gasteiger partial charge >= 0.3 is 12.0 Å². The molecule has 0 radical (unpaired) electrons. The summed E-state index contributed by atoms with van der Waals surface area (Å²) in [4.78, 5) is 25.3. The van der Waals surface area contributed by atoms with Crippen molar-refractivity contribution in [3.63, 3.8) is 0 Å². The van der Waals surface area contributed by atoms with Gasteiger partial charge in [-0.2, -0.15) is 0 Å². The Balaban J connectivity index is 1.82. The quantitative estimate of drug-likeness (QED) is 0.833. The highest BCUT2D eigenvalue weighted by Crippen LogP contribution is 2.32. The van der Waals surface area contributed by atoms with E-state index in [-0.39, 0.29) is 12.6 Å². The first-order chi connectivity index (χ1) is 10.9. The lowest BCUT2D eigenvalue weighted by atomic mass is 9.90. The monoisotopic (exact) mass is 376 g/mol. The molecule has 1 heterocycles. The minimum absolute atomic E-state index is 0.225. The van der Waals surface area contributed by atoms with Crippen LogP contribution in [0.5, 0.6) is 0 Å². The Bertz CT molecular complexity index is 793. The molecule has 2 amide bonds. The molecule has 1 aliphatic rings. The van der Waals surface area contributed by atoms with Crippen LogP contribution in [0.4, 0.5) is 10.5 Å². The van der Waals surface area contributed by atoms with Crippen LogP contribution in [-0.4, -0.2) is 35.1 Å². The van der Waals surface area contributed by atoms with E-state index >= 15 is 0 Å². The van der Waals surface area contributed by atoms with Crippen LogP contribution in [0.15, 0.2) is 40.9 Å². The van der Waals surface area contributed by atoms with Crippen LogP contribution < -0.4 is 5.32 Å². The molecule has 120 valence electrons. The largest absolute Gasteiger partial charge is 0.481 e. The first-order valence-electron chi connectivity index (χ1n) is 7.37. The number of carboxylic acids is 1. The van der Waals surface area contributed by atoms with Gasteiger partial charge in [0.2, 0.25) is 0 Å². The topological polar surface area (TPSA) is 69.6 Å².